The summed E-state index contributed by atoms with van der Waals surface area (Å²) in [6.45, 7) is 0.549. The molecule has 1 N–H and O–H groups in total. The molecule has 3 heterocycles. The number of nitrogens with one attached hydrogen (secondary N) is 1. The minimum atomic E-state index is -0.0993. The van der Waals surface area contributed by atoms with Crippen molar-refractivity contribution in [3.8, 4) is 11.3 Å². The van der Waals surface area contributed by atoms with Gasteiger partial charge in [0.05, 0.1) is 11.3 Å². The average Bonchev–Trinajstić information content (AvgIpc) is 3.13. The summed E-state index contributed by atoms with van der Waals surface area (Å²) < 4.78 is 1.88. The first-order valence-electron chi connectivity index (χ1n) is 8.52. The van der Waals surface area contributed by atoms with Crippen molar-refractivity contribution in [1.82, 2.24) is 19.7 Å². The highest BCUT2D eigenvalue weighted by molar-refractivity contribution is 5.94. The van der Waals surface area contributed by atoms with E-state index < -0.39 is 0 Å². The molecule has 0 saturated carbocycles. The third kappa shape index (κ3) is 3.47. The molecule has 4 rings (SSSR count). The van der Waals surface area contributed by atoms with Crippen LogP contribution in [0.15, 0.2) is 79.3 Å². The minimum Gasteiger partial charge on any atom is -0.352 e. The molecule has 0 aliphatic rings. The van der Waals surface area contributed by atoms with E-state index in [9.17, 15) is 4.79 Å². The molecule has 5 heteroatoms. The Morgan fingerprint density at radius 1 is 0.962 bits per heavy atom. The molecule has 0 atom stereocenters. The van der Waals surface area contributed by atoms with E-state index in [1.54, 1.807) is 12.3 Å². The first kappa shape index (κ1) is 16.0. The lowest BCUT2D eigenvalue weighted by Gasteiger charge is -2.05. The van der Waals surface area contributed by atoms with Crippen LogP contribution in [0, 0.1) is 0 Å². The van der Waals surface area contributed by atoms with Gasteiger partial charge in [0.2, 0.25) is 0 Å². The van der Waals surface area contributed by atoms with Crippen LogP contribution in [0.1, 0.15) is 16.1 Å². The zero-order chi connectivity index (χ0) is 17.8. The number of hydrogen-bond acceptors (Lipinski definition) is 3. The molecule has 26 heavy (non-hydrogen) atoms. The lowest BCUT2D eigenvalue weighted by Crippen LogP contribution is -2.26. The molecule has 1 amide bonds. The number of carbonyl (C=O) groups excluding carboxylic acids is 1. The van der Waals surface area contributed by atoms with Crippen molar-refractivity contribution < 1.29 is 4.79 Å². The summed E-state index contributed by atoms with van der Waals surface area (Å²) >= 11 is 0. The summed E-state index contributed by atoms with van der Waals surface area (Å²) in [5, 5.41) is 2.94. The Kier molecular flexibility index (Phi) is 4.43. The standard InChI is InChI=1S/C21H18N4O/c26-21(23-13-11-18-8-4-5-12-22-18)17-9-10-20-24-19(15-25(20)14-17)16-6-2-1-3-7-16/h1-10,12,14-15H,11,13H2,(H,23,26). The summed E-state index contributed by atoms with van der Waals surface area (Å²) in [6, 6.07) is 19.4. The normalized spacial score (nSPS) is 10.8. The number of amides is 1. The Morgan fingerprint density at radius 3 is 2.62 bits per heavy atom. The lowest BCUT2D eigenvalue weighted by atomic mass is 10.2. The van der Waals surface area contributed by atoms with Crippen molar-refractivity contribution in [2.75, 3.05) is 6.54 Å². The van der Waals surface area contributed by atoms with Crippen LogP contribution in [0.5, 0.6) is 0 Å². The minimum absolute atomic E-state index is 0.0993. The number of hydrogen-bond donors (Lipinski definition) is 1. The summed E-state index contributed by atoms with van der Waals surface area (Å²) in [4.78, 5) is 21.3. The molecule has 0 spiro atoms. The van der Waals surface area contributed by atoms with Gasteiger partial charge in [-0.3, -0.25) is 9.78 Å². The van der Waals surface area contributed by atoms with Gasteiger partial charge in [-0.25, -0.2) is 4.98 Å². The molecule has 0 aliphatic heterocycles. The zero-order valence-corrected chi connectivity index (χ0v) is 14.2. The SMILES string of the molecule is O=C(NCCc1ccccn1)c1ccc2nc(-c3ccccc3)cn2c1. The van der Waals surface area contributed by atoms with Crippen molar-refractivity contribution in [3.63, 3.8) is 0 Å². The summed E-state index contributed by atoms with van der Waals surface area (Å²) in [5.41, 5.74) is 4.32. The van der Waals surface area contributed by atoms with Crippen LogP contribution in [-0.4, -0.2) is 26.8 Å². The maximum absolute atomic E-state index is 12.4. The third-order valence-electron chi connectivity index (χ3n) is 4.18. The van der Waals surface area contributed by atoms with Crippen molar-refractivity contribution in [2.24, 2.45) is 0 Å². The average molecular weight is 342 g/mol. The van der Waals surface area contributed by atoms with Gasteiger partial charge in [0.15, 0.2) is 0 Å². The maximum atomic E-state index is 12.4. The van der Waals surface area contributed by atoms with E-state index in [4.69, 9.17) is 0 Å². The monoisotopic (exact) mass is 342 g/mol. The highest BCUT2D eigenvalue weighted by Gasteiger charge is 2.09. The molecule has 5 nitrogen and oxygen atoms in total. The van der Waals surface area contributed by atoms with Gasteiger partial charge in [-0.2, -0.15) is 0 Å². The van der Waals surface area contributed by atoms with Crippen LogP contribution < -0.4 is 5.32 Å². The van der Waals surface area contributed by atoms with Crippen LogP contribution in [-0.2, 0) is 6.42 Å². The van der Waals surface area contributed by atoms with Crippen LogP contribution >= 0.6 is 0 Å². The second kappa shape index (κ2) is 7.19. The molecule has 0 aliphatic carbocycles. The largest absolute Gasteiger partial charge is 0.352 e. The number of nitrogens with zero attached hydrogens (tertiary/aromatic N) is 3. The highest BCUT2D eigenvalue weighted by Crippen LogP contribution is 2.19. The highest BCUT2D eigenvalue weighted by atomic mass is 16.1. The van der Waals surface area contributed by atoms with Gasteiger partial charge in [-0.1, -0.05) is 36.4 Å². The molecule has 3 aromatic heterocycles. The number of benzene rings is 1. The fourth-order valence-electron chi connectivity index (χ4n) is 2.83. The molecular weight excluding hydrogens is 324 g/mol. The predicted molar refractivity (Wildman–Crippen MR) is 101 cm³/mol. The van der Waals surface area contributed by atoms with E-state index in [0.717, 1.165) is 22.6 Å². The van der Waals surface area contributed by atoms with E-state index in [0.29, 0.717) is 18.5 Å². The maximum Gasteiger partial charge on any atom is 0.252 e. The number of imidazole rings is 1. The van der Waals surface area contributed by atoms with Gasteiger partial charge >= 0.3 is 0 Å². The number of rotatable bonds is 5. The molecular formula is C21H18N4O. The van der Waals surface area contributed by atoms with Crippen LogP contribution in [0.25, 0.3) is 16.9 Å². The van der Waals surface area contributed by atoms with Gasteiger partial charge in [0, 0.05) is 42.8 Å². The third-order valence-corrected chi connectivity index (χ3v) is 4.18. The molecule has 128 valence electrons. The predicted octanol–water partition coefficient (Wildman–Crippen LogP) is 3.37. The van der Waals surface area contributed by atoms with Crippen LogP contribution in [0.4, 0.5) is 0 Å². The van der Waals surface area contributed by atoms with E-state index in [1.807, 2.05) is 71.4 Å². The van der Waals surface area contributed by atoms with Crippen molar-refractivity contribution >= 4 is 11.6 Å². The number of fused-ring (bicyclic) bond motifs is 1. The molecule has 0 unspecified atom stereocenters. The Hall–Kier alpha value is -3.47. The molecule has 1 aromatic carbocycles. The first-order chi connectivity index (χ1) is 12.8. The van der Waals surface area contributed by atoms with Gasteiger partial charge in [-0.05, 0) is 24.3 Å². The first-order valence-corrected chi connectivity index (χ1v) is 8.52. The topological polar surface area (TPSA) is 59.3 Å². The fraction of sp³-hybridized carbons (Fsp3) is 0.0952. The van der Waals surface area contributed by atoms with Crippen LogP contribution in [0.2, 0.25) is 0 Å². The zero-order valence-electron chi connectivity index (χ0n) is 14.2. The Labute approximate surface area is 151 Å². The van der Waals surface area contributed by atoms with Crippen molar-refractivity contribution in [2.45, 2.75) is 6.42 Å². The Balaban J connectivity index is 1.47. The summed E-state index contributed by atoms with van der Waals surface area (Å²) in [5.74, 6) is -0.0993. The smallest absolute Gasteiger partial charge is 0.252 e. The number of aromatic nitrogens is 3. The van der Waals surface area contributed by atoms with Crippen molar-refractivity contribution in [1.29, 1.82) is 0 Å². The van der Waals surface area contributed by atoms with Crippen molar-refractivity contribution in [3.05, 3.63) is 90.5 Å². The number of carbonyl (C=O) groups is 1. The van der Waals surface area contributed by atoms with Gasteiger partial charge in [-0.15, -0.1) is 0 Å². The Morgan fingerprint density at radius 2 is 1.81 bits per heavy atom. The fourth-order valence-corrected chi connectivity index (χ4v) is 2.83. The van der Waals surface area contributed by atoms with Crippen LogP contribution in [0.3, 0.4) is 0 Å². The van der Waals surface area contributed by atoms with Gasteiger partial charge in [0.1, 0.15) is 5.65 Å². The molecule has 0 saturated heterocycles. The second-order valence-corrected chi connectivity index (χ2v) is 6.00. The molecule has 0 bridgehead atoms. The van der Waals surface area contributed by atoms with Gasteiger partial charge in [0.25, 0.3) is 5.91 Å². The van der Waals surface area contributed by atoms with E-state index in [-0.39, 0.29) is 5.91 Å². The molecule has 4 aromatic rings. The molecule has 0 fully saturated rings. The quantitative estimate of drug-likeness (QED) is 0.605. The van der Waals surface area contributed by atoms with E-state index >= 15 is 0 Å². The molecule has 0 radical (unpaired) electrons. The lowest BCUT2D eigenvalue weighted by molar-refractivity contribution is 0.0953. The number of pyridine rings is 2. The van der Waals surface area contributed by atoms with E-state index in [1.165, 1.54) is 0 Å². The van der Waals surface area contributed by atoms with Gasteiger partial charge < -0.3 is 9.72 Å². The summed E-state index contributed by atoms with van der Waals surface area (Å²) in [7, 11) is 0. The summed E-state index contributed by atoms with van der Waals surface area (Å²) in [6.07, 6.45) is 6.21. The Bertz CT molecular complexity index is 1030. The second-order valence-electron chi connectivity index (χ2n) is 6.00. The van der Waals surface area contributed by atoms with E-state index in [2.05, 4.69) is 15.3 Å².